The van der Waals surface area contributed by atoms with E-state index in [0.29, 0.717) is 23.4 Å². The average molecular weight is 258 g/mol. The minimum absolute atomic E-state index is 0.372. The molecule has 1 aromatic carbocycles. The molecule has 1 aromatic heterocycles. The Morgan fingerprint density at radius 1 is 1.05 bits per heavy atom. The smallest absolute Gasteiger partial charge is 0.240 e. The van der Waals surface area contributed by atoms with Gasteiger partial charge < -0.3 is 15.2 Å². The van der Waals surface area contributed by atoms with E-state index in [2.05, 4.69) is 31.0 Å². The Morgan fingerprint density at radius 3 is 2.32 bits per heavy atom. The van der Waals surface area contributed by atoms with E-state index in [0.717, 1.165) is 5.75 Å². The highest BCUT2D eigenvalue weighted by atomic mass is 16.5. The maximum absolute atomic E-state index is 5.70. The van der Waals surface area contributed by atoms with Crippen LogP contribution >= 0.6 is 0 Å². The van der Waals surface area contributed by atoms with Gasteiger partial charge in [-0.3, -0.25) is 0 Å². The summed E-state index contributed by atoms with van der Waals surface area (Å²) in [5.41, 5.74) is 7.47. The van der Waals surface area contributed by atoms with Crippen molar-refractivity contribution in [3.05, 3.63) is 42.0 Å². The van der Waals surface area contributed by atoms with E-state index in [1.54, 1.807) is 12.1 Å². The molecule has 0 aliphatic carbocycles. The third-order valence-corrected chi connectivity index (χ3v) is 2.83. The van der Waals surface area contributed by atoms with Gasteiger partial charge in [0.15, 0.2) is 0 Å². The lowest BCUT2D eigenvalue weighted by atomic mass is 10.0. The van der Waals surface area contributed by atoms with Crippen molar-refractivity contribution >= 4 is 5.69 Å². The number of rotatable bonds is 4. The second kappa shape index (κ2) is 5.61. The SMILES string of the molecule is COc1nc(Oc2ccc(C(C)C)cc2)ccc1N. The normalized spacial score (nSPS) is 10.5. The maximum Gasteiger partial charge on any atom is 0.240 e. The number of nitrogens with two attached hydrogens (primary N) is 1. The molecular weight excluding hydrogens is 240 g/mol. The molecule has 0 spiro atoms. The first-order chi connectivity index (χ1) is 9.10. The Morgan fingerprint density at radius 2 is 1.74 bits per heavy atom. The number of hydrogen-bond donors (Lipinski definition) is 1. The van der Waals surface area contributed by atoms with Crippen LogP contribution in [0.5, 0.6) is 17.5 Å². The Bertz CT molecular complexity index is 551. The van der Waals surface area contributed by atoms with Crippen molar-refractivity contribution in [3.63, 3.8) is 0 Å². The molecule has 0 saturated carbocycles. The fraction of sp³-hybridized carbons (Fsp3) is 0.267. The molecule has 0 aliphatic rings. The van der Waals surface area contributed by atoms with Crippen molar-refractivity contribution in [2.45, 2.75) is 19.8 Å². The molecule has 0 amide bonds. The van der Waals surface area contributed by atoms with Crippen molar-refractivity contribution < 1.29 is 9.47 Å². The average Bonchev–Trinajstić information content (AvgIpc) is 2.41. The standard InChI is InChI=1S/C15H18N2O2/c1-10(2)11-4-6-12(7-5-11)19-14-9-8-13(16)15(17-14)18-3/h4-10H,16H2,1-3H3. The van der Waals surface area contributed by atoms with Gasteiger partial charge in [0.2, 0.25) is 11.8 Å². The minimum Gasteiger partial charge on any atom is -0.479 e. The Balaban J connectivity index is 2.16. The molecule has 4 heteroatoms. The van der Waals surface area contributed by atoms with Gasteiger partial charge in [0, 0.05) is 6.07 Å². The second-order valence-electron chi connectivity index (χ2n) is 4.57. The van der Waals surface area contributed by atoms with E-state index in [-0.39, 0.29) is 0 Å². The van der Waals surface area contributed by atoms with E-state index >= 15 is 0 Å². The van der Waals surface area contributed by atoms with Crippen LogP contribution < -0.4 is 15.2 Å². The molecule has 19 heavy (non-hydrogen) atoms. The maximum atomic E-state index is 5.70. The minimum atomic E-state index is 0.372. The highest BCUT2D eigenvalue weighted by molar-refractivity contribution is 5.49. The number of benzene rings is 1. The van der Waals surface area contributed by atoms with Crippen LogP contribution in [0.4, 0.5) is 5.69 Å². The van der Waals surface area contributed by atoms with Crippen molar-refractivity contribution in [1.29, 1.82) is 0 Å². The molecule has 0 aliphatic heterocycles. The van der Waals surface area contributed by atoms with Gasteiger partial charge >= 0.3 is 0 Å². The molecule has 0 bridgehead atoms. The van der Waals surface area contributed by atoms with Crippen LogP contribution in [0.15, 0.2) is 36.4 Å². The first-order valence-electron chi connectivity index (χ1n) is 6.18. The molecule has 0 saturated heterocycles. The summed E-state index contributed by atoms with van der Waals surface area (Å²) in [6.45, 7) is 4.31. The fourth-order valence-electron chi connectivity index (χ4n) is 1.70. The van der Waals surface area contributed by atoms with Crippen molar-refractivity contribution in [3.8, 4) is 17.5 Å². The van der Waals surface area contributed by atoms with Crippen LogP contribution in [0.25, 0.3) is 0 Å². The molecule has 2 N–H and O–H groups in total. The van der Waals surface area contributed by atoms with Gasteiger partial charge in [-0.15, -0.1) is 0 Å². The lowest BCUT2D eigenvalue weighted by Crippen LogP contribution is -1.97. The number of methoxy groups -OCH3 is 1. The quantitative estimate of drug-likeness (QED) is 0.910. The second-order valence-corrected chi connectivity index (χ2v) is 4.57. The van der Waals surface area contributed by atoms with Gasteiger partial charge in [0.25, 0.3) is 0 Å². The van der Waals surface area contributed by atoms with Crippen molar-refractivity contribution in [1.82, 2.24) is 4.98 Å². The number of hydrogen-bond acceptors (Lipinski definition) is 4. The third-order valence-electron chi connectivity index (χ3n) is 2.83. The predicted octanol–water partition coefficient (Wildman–Crippen LogP) is 3.59. The van der Waals surface area contributed by atoms with E-state index in [9.17, 15) is 0 Å². The Kier molecular flexibility index (Phi) is 3.90. The number of nitrogens with zero attached hydrogens (tertiary/aromatic N) is 1. The number of nitrogen functional groups attached to an aromatic ring is 1. The van der Waals surface area contributed by atoms with E-state index in [4.69, 9.17) is 15.2 Å². The topological polar surface area (TPSA) is 57.4 Å². The summed E-state index contributed by atoms with van der Waals surface area (Å²) < 4.78 is 10.7. The van der Waals surface area contributed by atoms with E-state index in [1.807, 2.05) is 12.1 Å². The molecule has 0 fully saturated rings. The number of anilines is 1. The van der Waals surface area contributed by atoms with Crippen LogP contribution in [0.2, 0.25) is 0 Å². The molecule has 0 unspecified atom stereocenters. The van der Waals surface area contributed by atoms with Gasteiger partial charge in [-0.1, -0.05) is 26.0 Å². The summed E-state index contributed by atoms with van der Waals surface area (Å²) >= 11 is 0. The molecule has 1 heterocycles. The van der Waals surface area contributed by atoms with Gasteiger partial charge in [-0.05, 0) is 29.7 Å². The summed E-state index contributed by atoms with van der Waals surface area (Å²) in [6.07, 6.45) is 0. The summed E-state index contributed by atoms with van der Waals surface area (Å²) in [5, 5.41) is 0. The molecule has 0 radical (unpaired) electrons. The van der Waals surface area contributed by atoms with Gasteiger partial charge in [0.1, 0.15) is 5.75 Å². The largest absolute Gasteiger partial charge is 0.479 e. The van der Waals surface area contributed by atoms with Crippen molar-refractivity contribution in [2.75, 3.05) is 12.8 Å². The monoisotopic (exact) mass is 258 g/mol. The summed E-state index contributed by atoms with van der Waals surface area (Å²) in [5.74, 6) is 2.08. The van der Waals surface area contributed by atoms with Crippen LogP contribution in [0.3, 0.4) is 0 Å². The third kappa shape index (κ3) is 3.16. The Labute approximate surface area is 113 Å². The highest BCUT2D eigenvalue weighted by Gasteiger charge is 2.05. The number of aromatic nitrogens is 1. The molecule has 2 aromatic rings. The lowest BCUT2D eigenvalue weighted by molar-refractivity contribution is 0.385. The highest BCUT2D eigenvalue weighted by Crippen LogP contribution is 2.26. The lowest BCUT2D eigenvalue weighted by Gasteiger charge is -2.09. The van der Waals surface area contributed by atoms with Gasteiger partial charge in [-0.2, -0.15) is 4.98 Å². The summed E-state index contributed by atoms with van der Waals surface area (Å²) in [7, 11) is 1.53. The number of ether oxygens (including phenoxy) is 2. The summed E-state index contributed by atoms with van der Waals surface area (Å²) in [4.78, 5) is 4.17. The molecular formula is C15H18N2O2. The van der Waals surface area contributed by atoms with Crippen LogP contribution in [-0.4, -0.2) is 12.1 Å². The summed E-state index contributed by atoms with van der Waals surface area (Å²) in [6, 6.07) is 11.4. The first kappa shape index (κ1) is 13.2. The molecule has 4 nitrogen and oxygen atoms in total. The van der Waals surface area contributed by atoms with Gasteiger partial charge in [0.05, 0.1) is 12.8 Å². The zero-order chi connectivity index (χ0) is 13.8. The molecule has 2 rings (SSSR count). The van der Waals surface area contributed by atoms with Crippen LogP contribution in [0.1, 0.15) is 25.3 Å². The van der Waals surface area contributed by atoms with Crippen LogP contribution in [-0.2, 0) is 0 Å². The zero-order valence-corrected chi connectivity index (χ0v) is 11.4. The molecule has 100 valence electrons. The van der Waals surface area contributed by atoms with E-state index < -0.39 is 0 Å². The Hall–Kier alpha value is -2.23. The van der Waals surface area contributed by atoms with Crippen molar-refractivity contribution in [2.24, 2.45) is 0 Å². The number of pyridine rings is 1. The molecule has 0 atom stereocenters. The van der Waals surface area contributed by atoms with E-state index in [1.165, 1.54) is 12.7 Å². The first-order valence-corrected chi connectivity index (χ1v) is 6.18. The fourth-order valence-corrected chi connectivity index (χ4v) is 1.70. The zero-order valence-electron chi connectivity index (χ0n) is 11.4. The van der Waals surface area contributed by atoms with Crippen LogP contribution in [0, 0.1) is 0 Å². The predicted molar refractivity (Wildman–Crippen MR) is 75.8 cm³/mol. The van der Waals surface area contributed by atoms with Gasteiger partial charge in [-0.25, -0.2) is 0 Å².